The molecule has 148 valence electrons. The smallest absolute Gasteiger partial charge is 0.315 e. The second-order valence-electron chi connectivity index (χ2n) is 7.47. The van der Waals surface area contributed by atoms with Gasteiger partial charge in [-0.25, -0.2) is 4.79 Å². The second-order valence-corrected chi connectivity index (χ2v) is 7.47. The van der Waals surface area contributed by atoms with Crippen molar-refractivity contribution in [3.63, 3.8) is 0 Å². The average molecular weight is 375 g/mol. The Hall–Kier alpha value is -2.12. The van der Waals surface area contributed by atoms with Gasteiger partial charge in [-0.05, 0) is 11.5 Å². The van der Waals surface area contributed by atoms with Gasteiger partial charge < -0.3 is 25.0 Å². The topological polar surface area (TPSA) is 79.9 Å². The van der Waals surface area contributed by atoms with Gasteiger partial charge in [-0.15, -0.1) is 0 Å². The van der Waals surface area contributed by atoms with Crippen LogP contribution in [0.4, 0.5) is 4.79 Å². The van der Waals surface area contributed by atoms with Gasteiger partial charge in [0.05, 0.1) is 13.2 Å². The van der Waals surface area contributed by atoms with Crippen LogP contribution in [-0.4, -0.2) is 55.0 Å². The number of urea groups is 1. The molecule has 0 aliphatic carbocycles. The number of amides is 3. The van der Waals surface area contributed by atoms with Crippen molar-refractivity contribution in [1.82, 2.24) is 15.5 Å². The van der Waals surface area contributed by atoms with Gasteiger partial charge in [0.1, 0.15) is 6.04 Å². The lowest BCUT2D eigenvalue weighted by Gasteiger charge is -2.39. The van der Waals surface area contributed by atoms with Gasteiger partial charge in [-0.1, -0.05) is 44.2 Å². The third kappa shape index (κ3) is 4.99. The number of carbonyl (C=O) groups is 2. The average Bonchev–Trinajstić information content (AvgIpc) is 3.13. The maximum absolute atomic E-state index is 13.0. The molecule has 7 nitrogen and oxygen atoms in total. The number of piperidine rings is 1. The lowest BCUT2D eigenvalue weighted by atomic mass is 9.99. The Morgan fingerprint density at radius 1 is 1.11 bits per heavy atom. The van der Waals surface area contributed by atoms with Crippen molar-refractivity contribution in [2.75, 3.05) is 26.3 Å². The summed E-state index contributed by atoms with van der Waals surface area (Å²) in [5.41, 5.74) is 1.01. The zero-order chi connectivity index (χ0) is 19.3. The zero-order valence-electron chi connectivity index (χ0n) is 16.1. The standard InChI is InChI=1S/C20H29N3O4/c1-15(2)17(22-19(25)21-14-16-6-4-3-5-7-16)18(24)23-10-8-20(9-11-23)26-12-13-27-20/h3-7,15,17H,8-14H2,1-2H3,(H2,21,22,25). The Morgan fingerprint density at radius 3 is 2.33 bits per heavy atom. The van der Waals surface area contributed by atoms with Crippen LogP contribution >= 0.6 is 0 Å². The Balaban J connectivity index is 1.51. The van der Waals surface area contributed by atoms with Crippen molar-refractivity contribution in [2.45, 2.75) is 45.1 Å². The van der Waals surface area contributed by atoms with Crippen molar-refractivity contribution >= 4 is 11.9 Å². The zero-order valence-corrected chi connectivity index (χ0v) is 16.1. The number of hydrogen-bond acceptors (Lipinski definition) is 4. The third-order valence-electron chi connectivity index (χ3n) is 5.17. The second kappa shape index (κ2) is 8.71. The molecule has 2 N–H and O–H groups in total. The molecule has 2 fully saturated rings. The number of hydrogen-bond donors (Lipinski definition) is 2. The molecule has 2 heterocycles. The Kier molecular flexibility index (Phi) is 6.34. The molecule has 3 rings (SSSR count). The van der Waals surface area contributed by atoms with Crippen LogP contribution in [0.5, 0.6) is 0 Å². The first kappa shape index (κ1) is 19.6. The van der Waals surface area contributed by atoms with Crippen molar-refractivity contribution in [2.24, 2.45) is 5.92 Å². The number of nitrogens with zero attached hydrogens (tertiary/aromatic N) is 1. The lowest BCUT2D eigenvalue weighted by Crippen LogP contribution is -2.56. The molecule has 1 aromatic carbocycles. The largest absolute Gasteiger partial charge is 0.347 e. The van der Waals surface area contributed by atoms with Crippen LogP contribution < -0.4 is 10.6 Å². The summed E-state index contributed by atoms with van der Waals surface area (Å²) in [6, 6.07) is 8.79. The van der Waals surface area contributed by atoms with E-state index < -0.39 is 11.8 Å². The molecule has 1 unspecified atom stereocenters. The van der Waals surface area contributed by atoms with Crippen LogP contribution in [0.15, 0.2) is 30.3 Å². The van der Waals surface area contributed by atoms with Crippen LogP contribution in [0, 0.1) is 5.92 Å². The molecule has 2 aliphatic rings. The molecule has 1 atom stereocenters. The molecule has 1 aromatic rings. The van der Waals surface area contributed by atoms with E-state index >= 15 is 0 Å². The van der Waals surface area contributed by atoms with E-state index in [4.69, 9.17) is 9.47 Å². The molecule has 27 heavy (non-hydrogen) atoms. The number of ether oxygens (including phenoxy) is 2. The van der Waals surface area contributed by atoms with E-state index in [0.29, 0.717) is 45.7 Å². The fraction of sp³-hybridized carbons (Fsp3) is 0.600. The normalized spacial score (nSPS) is 19.9. The summed E-state index contributed by atoms with van der Waals surface area (Å²) in [5, 5.41) is 5.66. The van der Waals surface area contributed by atoms with E-state index in [1.807, 2.05) is 44.2 Å². The van der Waals surface area contributed by atoms with Gasteiger partial charge in [-0.3, -0.25) is 4.79 Å². The highest BCUT2D eigenvalue weighted by atomic mass is 16.7. The van der Waals surface area contributed by atoms with E-state index in [9.17, 15) is 9.59 Å². The Labute approximate surface area is 160 Å². The molecular weight excluding hydrogens is 346 g/mol. The fourth-order valence-corrected chi connectivity index (χ4v) is 3.53. The van der Waals surface area contributed by atoms with Gasteiger partial charge in [0, 0.05) is 32.5 Å². The summed E-state index contributed by atoms with van der Waals surface area (Å²) in [6.07, 6.45) is 1.34. The molecule has 0 aromatic heterocycles. The maximum atomic E-state index is 13.0. The Bertz CT molecular complexity index is 634. The molecular formula is C20H29N3O4. The van der Waals surface area contributed by atoms with Gasteiger partial charge in [0.15, 0.2) is 5.79 Å². The monoisotopic (exact) mass is 375 g/mol. The number of rotatable bonds is 5. The number of benzene rings is 1. The summed E-state index contributed by atoms with van der Waals surface area (Å²) < 4.78 is 11.4. The minimum absolute atomic E-state index is 0.00478. The predicted octanol–water partition coefficient (Wildman–Crippen LogP) is 1.88. The summed E-state index contributed by atoms with van der Waals surface area (Å²) in [7, 11) is 0. The highest BCUT2D eigenvalue weighted by molar-refractivity contribution is 5.87. The quantitative estimate of drug-likeness (QED) is 0.824. The molecule has 2 aliphatic heterocycles. The van der Waals surface area contributed by atoms with Crippen molar-refractivity contribution in [3.8, 4) is 0 Å². The minimum atomic E-state index is -0.555. The van der Waals surface area contributed by atoms with E-state index in [1.54, 1.807) is 4.90 Å². The first-order chi connectivity index (χ1) is 13.0. The van der Waals surface area contributed by atoms with Crippen molar-refractivity contribution in [1.29, 1.82) is 0 Å². The molecule has 3 amide bonds. The molecule has 1 spiro atoms. The lowest BCUT2D eigenvalue weighted by molar-refractivity contribution is -0.188. The predicted molar refractivity (Wildman–Crippen MR) is 101 cm³/mol. The van der Waals surface area contributed by atoms with Crippen LogP contribution in [0.3, 0.4) is 0 Å². The summed E-state index contributed by atoms with van der Waals surface area (Å²) in [6.45, 7) is 6.69. The molecule has 0 radical (unpaired) electrons. The van der Waals surface area contributed by atoms with Gasteiger partial charge in [0.2, 0.25) is 5.91 Å². The first-order valence-electron chi connectivity index (χ1n) is 9.64. The molecule has 2 saturated heterocycles. The van der Waals surface area contributed by atoms with Gasteiger partial charge in [0.25, 0.3) is 0 Å². The summed E-state index contributed by atoms with van der Waals surface area (Å²) >= 11 is 0. The van der Waals surface area contributed by atoms with E-state index in [-0.39, 0.29) is 17.9 Å². The van der Waals surface area contributed by atoms with E-state index in [1.165, 1.54) is 0 Å². The van der Waals surface area contributed by atoms with E-state index in [0.717, 1.165) is 5.56 Å². The fourth-order valence-electron chi connectivity index (χ4n) is 3.53. The van der Waals surface area contributed by atoms with Crippen LogP contribution in [0.2, 0.25) is 0 Å². The summed E-state index contributed by atoms with van der Waals surface area (Å²) in [5.74, 6) is -0.563. The third-order valence-corrected chi connectivity index (χ3v) is 5.17. The highest BCUT2D eigenvalue weighted by Crippen LogP contribution is 2.31. The van der Waals surface area contributed by atoms with Gasteiger partial charge in [-0.2, -0.15) is 0 Å². The van der Waals surface area contributed by atoms with E-state index in [2.05, 4.69) is 10.6 Å². The Morgan fingerprint density at radius 2 is 1.74 bits per heavy atom. The molecule has 7 heteroatoms. The molecule has 0 bridgehead atoms. The first-order valence-corrected chi connectivity index (χ1v) is 9.64. The number of carbonyl (C=O) groups excluding carboxylic acids is 2. The maximum Gasteiger partial charge on any atom is 0.315 e. The van der Waals surface area contributed by atoms with Crippen LogP contribution in [0.25, 0.3) is 0 Å². The van der Waals surface area contributed by atoms with Crippen LogP contribution in [0.1, 0.15) is 32.3 Å². The minimum Gasteiger partial charge on any atom is -0.347 e. The van der Waals surface area contributed by atoms with Gasteiger partial charge >= 0.3 is 6.03 Å². The van der Waals surface area contributed by atoms with Crippen molar-refractivity contribution < 1.29 is 19.1 Å². The highest BCUT2D eigenvalue weighted by Gasteiger charge is 2.42. The number of likely N-dealkylation sites (tertiary alicyclic amines) is 1. The summed E-state index contributed by atoms with van der Waals surface area (Å²) in [4.78, 5) is 27.0. The van der Waals surface area contributed by atoms with Crippen LogP contribution in [-0.2, 0) is 20.8 Å². The SMILES string of the molecule is CC(C)C(NC(=O)NCc1ccccc1)C(=O)N1CCC2(CC1)OCCO2. The van der Waals surface area contributed by atoms with Crippen molar-refractivity contribution in [3.05, 3.63) is 35.9 Å². The molecule has 0 saturated carbocycles. The number of nitrogens with one attached hydrogen (secondary N) is 2.